The first-order valence-electron chi connectivity index (χ1n) is 8.15. The highest BCUT2D eigenvalue weighted by Gasteiger charge is 2.30. The fraction of sp³-hybridized carbons (Fsp3) is 0.412. The molecule has 0 aliphatic carbocycles. The van der Waals surface area contributed by atoms with E-state index in [0.29, 0.717) is 31.7 Å². The van der Waals surface area contributed by atoms with E-state index in [4.69, 9.17) is 0 Å². The van der Waals surface area contributed by atoms with Gasteiger partial charge in [0.25, 0.3) is 0 Å². The molecule has 1 atom stereocenters. The van der Waals surface area contributed by atoms with Crippen LogP contribution in [-0.4, -0.2) is 46.7 Å². The number of urea groups is 1. The van der Waals surface area contributed by atoms with Crippen molar-refractivity contribution >= 4 is 28.5 Å². The summed E-state index contributed by atoms with van der Waals surface area (Å²) in [6, 6.07) is 7.25. The van der Waals surface area contributed by atoms with Crippen LogP contribution in [-0.2, 0) is 4.79 Å². The van der Waals surface area contributed by atoms with Gasteiger partial charge in [0, 0.05) is 25.0 Å². The van der Waals surface area contributed by atoms with E-state index in [-0.39, 0.29) is 17.9 Å². The summed E-state index contributed by atoms with van der Waals surface area (Å²) in [6.45, 7) is 5.39. The molecule has 3 amide bonds. The van der Waals surface area contributed by atoms with Crippen molar-refractivity contribution in [3.8, 4) is 0 Å². The first-order valence-corrected chi connectivity index (χ1v) is 8.15. The molecule has 1 aliphatic rings. The zero-order valence-corrected chi connectivity index (χ0v) is 13.9. The van der Waals surface area contributed by atoms with Crippen molar-refractivity contribution in [3.05, 3.63) is 30.0 Å². The van der Waals surface area contributed by atoms with Gasteiger partial charge in [-0.25, -0.2) is 4.79 Å². The number of nitrogens with one attached hydrogen (secondary N) is 2. The van der Waals surface area contributed by atoms with Crippen LogP contribution >= 0.6 is 0 Å². The van der Waals surface area contributed by atoms with Gasteiger partial charge in [0.05, 0.1) is 22.8 Å². The molecule has 0 spiro atoms. The molecule has 1 fully saturated rings. The molecule has 3 rings (SSSR count). The maximum Gasteiger partial charge on any atom is 0.321 e. The van der Waals surface area contributed by atoms with Gasteiger partial charge in [-0.15, -0.1) is 0 Å². The third-order valence-corrected chi connectivity index (χ3v) is 4.19. The molecule has 0 saturated carbocycles. The fourth-order valence-electron chi connectivity index (χ4n) is 2.94. The molecular weight excluding hydrogens is 306 g/mol. The predicted molar refractivity (Wildman–Crippen MR) is 91.7 cm³/mol. The number of anilines is 1. The molecule has 2 aromatic rings. The largest absolute Gasteiger partial charge is 0.356 e. The molecule has 1 aromatic heterocycles. The van der Waals surface area contributed by atoms with Crippen LogP contribution in [0.15, 0.2) is 24.3 Å². The highest BCUT2D eigenvalue weighted by Crippen LogP contribution is 2.23. The van der Waals surface area contributed by atoms with Crippen LogP contribution in [0.5, 0.6) is 0 Å². The minimum Gasteiger partial charge on any atom is -0.356 e. The van der Waals surface area contributed by atoms with Crippen LogP contribution in [0.2, 0.25) is 0 Å². The number of nitrogens with zero attached hydrogens (tertiary/aromatic N) is 3. The molecule has 0 bridgehead atoms. The summed E-state index contributed by atoms with van der Waals surface area (Å²) in [7, 11) is 0. The van der Waals surface area contributed by atoms with Crippen molar-refractivity contribution in [1.82, 2.24) is 20.4 Å². The average Bonchev–Trinajstić information content (AvgIpc) is 3.06. The normalized spacial score (nSPS) is 17.1. The van der Waals surface area contributed by atoms with E-state index >= 15 is 0 Å². The molecule has 126 valence electrons. The molecule has 2 heterocycles. The van der Waals surface area contributed by atoms with Gasteiger partial charge in [-0.2, -0.15) is 10.2 Å². The molecule has 1 unspecified atom stereocenters. The Kier molecular flexibility index (Phi) is 4.59. The van der Waals surface area contributed by atoms with Gasteiger partial charge in [0.2, 0.25) is 5.91 Å². The van der Waals surface area contributed by atoms with Crippen LogP contribution in [0.3, 0.4) is 0 Å². The number of hydrogen-bond donors (Lipinski definition) is 2. The van der Waals surface area contributed by atoms with E-state index in [1.165, 1.54) is 0 Å². The highest BCUT2D eigenvalue weighted by molar-refractivity contribution is 6.00. The number of benzene rings is 1. The SMILES string of the molecule is CCNC(=O)C1CCN(C(=O)Nc2cccc3nnc(C)cc23)C1. The number of fused-ring (bicyclic) bond motifs is 1. The van der Waals surface area contributed by atoms with Crippen LogP contribution in [0, 0.1) is 12.8 Å². The number of carbonyl (C=O) groups excluding carboxylic acids is 2. The Morgan fingerprint density at radius 2 is 2.17 bits per heavy atom. The number of carbonyl (C=O) groups is 2. The predicted octanol–water partition coefficient (Wildman–Crippen LogP) is 1.93. The molecule has 1 saturated heterocycles. The summed E-state index contributed by atoms with van der Waals surface area (Å²) in [5.74, 6) is -0.111. The maximum absolute atomic E-state index is 12.5. The molecular formula is C17H21N5O2. The maximum atomic E-state index is 12.5. The standard InChI is InChI=1S/C17H21N5O2/c1-3-18-16(23)12-7-8-22(10-12)17(24)19-14-5-4-6-15-13(14)9-11(2)20-21-15/h4-6,9,12H,3,7-8,10H2,1-2H3,(H,18,23)(H,19,24). The summed E-state index contributed by atoms with van der Waals surface area (Å²) < 4.78 is 0. The molecule has 0 radical (unpaired) electrons. The van der Waals surface area contributed by atoms with Crippen molar-refractivity contribution in [2.45, 2.75) is 20.3 Å². The topological polar surface area (TPSA) is 87.2 Å². The Bertz CT molecular complexity index is 777. The van der Waals surface area contributed by atoms with Crippen LogP contribution in [0.1, 0.15) is 19.0 Å². The number of hydrogen-bond acceptors (Lipinski definition) is 4. The lowest BCUT2D eigenvalue weighted by Gasteiger charge is -2.18. The summed E-state index contributed by atoms with van der Waals surface area (Å²) >= 11 is 0. The minimum atomic E-state index is -0.191. The zero-order valence-electron chi connectivity index (χ0n) is 13.9. The number of likely N-dealkylation sites (tertiary alicyclic amines) is 1. The number of rotatable bonds is 3. The fourth-order valence-corrected chi connectivity index (χ4v) is 2.94. The van der Waals surface area contributed by atoms with Gasteiger partial charge in [0.1, 0.15) is 0 Å². The first kappa shape index (κ1) is 16.2. The summed E-state index contributed by atoms with van der Waals surface area (Å²) in [4.78, 5) is 26.1. The van der Waals surface area contributed by atoms with E-state index in [0.717, 1.165) is 16.6 Å². The average molecular weight is 327 g/mol. The Morgan fingerprint density at radius 3 is 2.96 bits per heavy atom. The Balaban J connectivity index is 1.72. The van der Waals surface area contributed by atoms with Crippen molar-refractivity contribution in [2.75, 3.05) is 25.0 Å². The minimum absolute atomic E-state index is 0.0175. The molecule has 1 aliphatic heterocycles. The summed E-state index contributed by atoms with van der Waals surface area (Å²) in [5.41, 5.74) is 2.23. The summed E-state index contributed by atoms with van der Waals surface area (Å²) in [5, 5.41) is 14.8. The van der Waals surface area contributed by atoms with Crippen LogP contribution in [0.4, 0.5) is 10.5 Å². The number of amides is 3. The first-order chi connectivity index (χ1) is 11.6. The lowest BCUT2D eigenvalue weighted by atomic mass is 10.1. The molecule has 7 nitrogen and oxygen atoms in total. The van der Waals surface area contributed by atoms with Gasteiger partial charge in [0.15, 0.2) is 0 Å². The van der Waals surface area contributed by atoms with Crippen molar-refractivity contribution in [2.24, 2.45) is 5.92 Å². The van der Waals surface area contributed by atoms with Gasteiger partial charge in [-0.05, 0) is 38.5 Å². The lowest BCUT2D eigenvalue weighted by Crippen LogP contribution is -2.36. The third-order valence-electron chi connectivity index (χ3n) is 4.19. The third kappa shape index (κ3) is 3.29. The van der Waals surface area contributed by atoms with E-state index in [2.05, 4.69) is 20.8 Å². The van der Waals surface area contributed by atoms with Gasteiger partial charge >= 0.3 is 6.03 Å². The van der Waals surface area contributed by atoms with E-state index in [1.807, 2.05) is 38.1 Å². The Labute approximate surface area is 140 Å². The molecule has 24 heavy (non-hydrogen) atoms. The van der Waals surface area contributed by atoms with E-state index in [9.17, 15) is 9.59 Å². The van der Waals surface area contributed by atoms with E-state index < -0.39 is 0 Å². The zero-order chi connectivity index (χ0) is 17.1. The second kappa shape index (κ2) is 6.82. The summed E-state index contributed by atoms with van der Waals surface area (Å²) in [6.07, 6.45) is 0.694. The van der Waals surface area contributed by atoms with Crippen molar-refractivity contribution in [1.29, 1.82) is 0 Å². The van der Waals surface area contributed by atoms with Gasteiger partial charge in [-0.3, -0.25) is 4.79 Å². The second-order valence-electron chi connectivity index (χ2n) is 5.98. The molecule has 7 heteroatoms. The van der Waals surface area contributed by atoms with Crippen molar-refractivity contribution in [3.63, 3.8) is 0 Å². The van der Waals surface area contributed by atoms with Crippen LogP contribution in [0.25, 0.3) is 10.9 Å². The number of aryl methyl sites for hydroxylation is 1. The number of aromatic nitrogens is 2. The quantitative estimate of drug-likeness (QED) is 0.902. The molecule has 2 N–H and O–H groups in total. The van der Waals surface area contributed by atoms with Gasteiger partial charge < -0.3 is 15.5 Å². The lowest BCUT2D eigenvalue weighted by molar-refractivity contribution is -0.124. The van der Waals surface area contributed by atoms with Crippen LogP contribution < -0.4 is 10.6 Å². The second-order valence-corrected chi connectivity index (χ2v) is 5.98. The smallest absolute Gasteiger partial charge is 0.321 e. The molecule has 1 aromatic carbocycles. The monoisotopic (exact) mass is 327 g/mol. The Hall–Kier alpha value is -2.70. The highest BCUT2D eigenvalue weighted by atomic mass is 16.2. The van der Waals surface area contributed by atoms with Gasteiger partial charge in [-0.1, -0.05) is 6.07 Å². The Morgan fingerprint density at radius 1 is 1.33 bits per heavy atom. The van der Waals surface area contributed by atoms with Crippen molar-refractivity contribution < 1.29 is 9.59 Å². The van der Waals surface area contributed by atoms with E-state index in [1.54, 1.807) is 4.90 Å².